The zero-order valence-electron chi connectivity index (χ0n) is 14.5. The Morgan fingerprint density at radius 2 is 2.00 bits per heavy atom. The molecule has 0 atom stereocenters. The molecule has 0 saturated heterocycles. The highest BCUT2D eigenvalue weighted by Gasteiger charge is 2.29. The zero-order valence-corrected chi connectivity index (χ0v) is 14.5. The van der Waals surface area contributed by atoms with Crippen LogP contribution < -0.4 is 11.2 Å². The molecule has 0 radical (unpaired) electrons. The van der Waals surface area contributed by atoms with Gasteiger partial charge in [0.15, 0.2) is 0 Å². The van der Waals surface area contributed by atoms with Crippen LogP contribution in [0.5, 0.6) is 0 Å². The van der Waals surface area contributed by atoms with E-state index in [-0.39, 0.29) is 25.4 Å². The predicted octanol–water partition coefficient (Wildman–Crippen LogP) is 0.765. The second-order valence-electron chi connectivity index (χ2n) is 5.59. The van der Waals surface area contributed by atoms with Crippen molar-refractivity contribution in [1.29, 1.82) is 0 Å². The van der Waals surface area contributed by atoms with Gasteiger partial charge in [-0.3, -0.25) is 28.7 Å². The summed E-state index contributed by atoms with van der Waals surface area (Å²) in [5.74, 6) is 0. The number of nitro groups is 1. The van der Waals surface area contributed by atoms with Crippen LogP contribution in [-0.2, 0) is 24.9 Å². The maximum atomic E-state index is 12.8. The quantitative estimate of drug-likeness (QED) is 0.512. The largest absolute Gasteiger partial charge is 0.383 e. The third-order valence-corrected chi connectivity index (χ3v) is 3.82. The number of hydrogen-bond acceptors (Lipinski definition) is 6. The van der Waals surface area contributed by atoms with Crippen LogP contribution in [0.2, 0.25) is 0 Å². The molecule has 10 heteroatoms. The summed E-state index contributed by atoms with van der Waals surface area (Å²) in [4.78, 5) is 36.3. The fourth-order valence-electron chi connectivity index (χ4n) is 2.59. The SMILES string of the molecule is CCCCn1c(=O)c([N+](=O)[O-])c(-c2cnn(C)c2)n(CCOC)c1=O. The molecule has 136 valence electrons. The van der Waals surface area contributed by atoms with Crippen molar-refractivity contribution < 1.29 is 9.66 Å². The molecule has 25 heavy (non-hydrogen) atoms. The van der Waals surface area contributed by atoms with Crippen molar-refractivity contribution in [3.05, 3.63) is 43.3 Å². The van der Waals surface area contributed by atoms with Crippen molar-refractivity contribution >= 4 is 5.69 Å². The monoisotopic (exact) mass is 351 g/mol. The van der Waals surface area contributed by atoms with Crippen LogP contribution in [0.4, 0.5) is 5.69 Å². The van der Waals surface area contributed by atoms with Gasteiger partial charge < -0.3 is 4.74 Å². The summed E-state index contributed by atoms with van der Waals surface area (Å²) >= 11 is 0. The average Bonchev–Trinajstić information content (AvgIpc) is 2.99. The molecule has 2 aromatic rings. The van der Waals surface area contributed by atoms with Gasteiger partial charge in [0.05, 0.1) is 24.3 Å². The van der Waals surface area contributed by atoms with Gasteiger partial charge in [-0.25, -0.2) is 4.79 Å². The molecule has 0 aliphatic rings. The zero-order chi connectivity index (χ0) is 18.6. The Hall–Kier alpha value is -2.75. The van der Waals surface area contributed by atoms with Crippen LogP contribution in [-0.4, -0.2) is 37.6 Å². The number of aryl methyl sites for hydroxylation is 1. The lowest BCUT2D eigenvalue weighted by molar-refractivity contribution is -0.386. The van der Waals surface area contributed by atoms with E-state index in [1.165, 1.54) is 28.8 Å². The highest BCUT2D eigenvalue weighted by atomic mass is 16.6. The molecule has 0 aliphatic carbocycles. The minimum atomic E-state index is -0.893. The van der Waals surface area contributed by atoms with Crippen molar-refractivity contribution in [3.8, 4) is 11.3 Å². The maximum Gasteiger partial charge on any atom is 0.358 e. The molecule has 0 aromatic carbocycles. The normalized spacial score (nSPS) is 11.0. The van der Waals surface area contributed by atoms with Crippen LogP contribution in [0, 0.1) is 10.1 Å². The van der Waals surface area contributed by atoms with E-state index in [1.807, 2.05) is 6.92 Å². The summed E-state index contributed by atoms with van der Waals surface area (Å²) in [5, 5.41) is 15.6. The summed E-state index contributed by atoms with van der Waals surface area (Å²) in [6.07, 6.45) is 4.24. The average molecular weight is 351 g/mol. The minimum Gasteiger partial charge on any atom is -0.383 e. The third-order valence-electron chi connectivity index (χ3n) is 3.82. The molecule has 2 aromatic heterocycles. The lowest BCUT2D eigenvalue weighted by Gasteiger charge is -2.14. The number of rotatable bonds is 8. The van der Waals surface area contributed by atoms with E-state index in [0.717, 1.165) is 11.0 Å². The van der Waals surface area contributed by atoms with Crippen LogP contribution in [0.25, 0.3) is 11.3 Å². The Labute approximate surface area is 143 Å². The molecule has 2 rings (SSSR count). The first-order chi connectivity index (χ1) is 11.9. The van der Waals surface area contributed by atoms with Crippen molar-refractivity contribution in [3.63, 3.8) is 0 Å². The molecule has 0 bridgehead atoms. The van der Waals surface area contributed by atoms with Gasteiger partial charge in [-0.15, -0.1) is 0 Å². The number of methoxy groups -OCH3 is 1. The molecule has 0 spiro atoms. The van der Waals surface area contributed by atoms with Gasteiger partial charge in [0, 0.05) is 32.5 Å². The highest BCUT2D eigenvalue weighted by Crippen LogP contribution is 2.25. The van der Waals surface area contributed by atoms with Crippen LogP contribution in [0.1, 0.15) is 19.8 Å². The van der Waals surface area contributed by atoms with E-state index in [2.05, 4.69) is 5.10 Å². The molecule has 0 amide bonds. The molecule has 0 fully saturated rings. The number of ether oxygens (including phenoxy) is 1. The minimum absolute atomic E-state index is 0.0436. The first-order valence-electron chi connectivity index (χ1n) is 7.92. The van der Waals surface area contributed by atoms with Crippen molar-refractivity contribution in [2.45, 2.75) is 32.9 Å². The Balaban J connectivity index is 2.84. The molecular formula is C15H21N5O5. The summed E-state index contributed by atoms with van der Waals surface area (Å²) in [5.41, 5.74) is -1.81. The summed E-state index contributed by atoms with van der Waals surface area (Å²) in [6, 6.07) is 0. The van der Waals surface area contributed by atoms with E-state index in [1.54, 1.807) is 7.05 Å². The van der Waals surface area contributed by atoms with E-state index >= 15 is 0 Å². The Bertz CT molecular complexity index is 879. The molecule has 10 nitrogen and oxygen atoms in total. The van der Waals surface area contributed by atoms with Gasteiger partial charge in [-0.05, 0) is 6.42 Å². The Morgan fingerprint density at radius 3 is 2.52 bits per heavy atom. The topological polar surface area (TPSA) is 114 Å². The standard InChI is InChI=1S/C15H21N5O5/c1-4-5-6-19-14(21)13(20(23)24)12(11-9-16-17(2)10-11)18(15(19)22)7-8-25-3/h9-10H,4-8H2,1-3H3. The lowest BCUT2D eigenvalue weighted by Crippen LogP contribution is -2.42. The predicted molar refractivity (Wildman–Crippen MR) is 90.6 cm³/mol. The van der Waals surface area contributed by atoms with Gasteiger partial charge in [-0.1, -0.05) is 13.3 Å². The third kappa shape index (κ3) is 3.68. The van der Waals surface area contributed by atoms with Gasteiger partial charge in [0.25, 0.3) is 0 Å². The van der Waals surface area contributed by atoms with Crippen LogP contribution in [0.15, 0.2) is 22.0 Å². The fourth-order valence-corrected chi connectivity index (χ4v) is 2.59. The molecule has 0 N–H and O–H groups in total. The second kappa shape index (κ2) is 7.88. The number of aromatic nitrogens is 4. The fraction of sp³-hybridized carbons (Fsp3) is 0.533. The van der Waals surface area contributed by atoms with E-state index in [9.17, 15) is 19.7 Å². The van der Waals surface area contributed by atoms with Gasteiger partial charge in [-0.2, -0.15) is 5.10 Å². The van der Waals surface area contributed by atoms with Crippen LogP contribution in [0.3, 0.4) is 0 Å². The molecule has 0 saturated carbocycles. The van der Waals surface area contributed by atoms with E-state index < -0.39 is 21.9 Å². The first kappa shape index (κ1) is 18.6. The summed E-state index contributed by atoms with van der Waals surface area (Å²) in [6.45, 7) is 2.31. The van der Waals surface area contributed by atoms with Crippen molar-refractivity contribution in [1.82, 2.24) is 18.9 Å². The lowest BCUT2D eigenvalue weighted by atomic mass is 10.2. The van der Waals surface area contributed by atoms with E-state index in [0.29, 0.717) is 12.0 Å². The van der Waals surface area contributed by atoms with Crippen LogP contribution >= 0.6 is 0 Å². The highest BCUT2D eigenvalue weighted by molar-refractivity contribution is 5.68. The number of hydrogen-bond donors (Lipinski definition) is 0. The molecular weight excluding hydrogens is 330 g/mol. The molecule has 0 aliphatic heterocycles. The van der Waals surface area contributed by atoms with Crippen molar-refractivity contribution in [2.24, 2.45) is 7.05 Å². The number of unbranched alkanes of at least 4 members (excludes halogenated alkanes) is 1. The molecule has 2 heterocycles. The van der Waals surface area contributed by atoms with Gasteiger partial charge in [0.2, 0.25) is 0 Å². The van der Waals surface area contributed by atoms with E-state index in [4.69, 9.17) is 4.74 Å². The number of nitrogens with zero attached hydrogens (tertiary/aromatic N) is 5. The first-order valence-corrected chi connectivity index (χ1v) is 7.92. The summed E-state index contributed by atoms with van der Waals surface area (Å²) in [7, 11) is 3.12. The summed E-state index contributed by atoms with van der Waals surface area (Å²) < 4.78 is 8.61. The second-order valence-corrected chi connectivity index (χ2v) is 5.59. The smallest absolute Gasteiger partial charge is 0.358 e. The van der Waals surface area contributed by atoms with Gasteiger partial charge in [0.1, 0.15) is 5.69 Å². The Morgan fingerprint density at radius 1 is 1.28 bits per heavy atom. The maximum absolute atomic E-state index is 12.8. The van der Waals surface area contributed by atoms with Gasteiger partial charge >= 0.3 is 16.9 Å². The Kier molecular flexibility index (Phi) is 5.86. The van der Waals surface area contributed by atoms with Crippen molar-refractivity contribution in [2.75, 3.05) is 13.7 Å². The molecule has 0 unspecified atom stereocenters.